The summed E-state index contributed by atoms with van der Waals surface area (Å²) in [5.74, 6) is 0.730. The van der Waals surface area contributed by atoms with Crippen molar-refractivity contribution in [1.29, 1.82) is 0 Å². The summed E-state index contributed by atoms with van der Waals surface area (Å²) in [6, 6.07) is 11.8. The lowest BCUT2D eigenvalue weighted by molar-refractivity contribution is 0.0919. The van der Waals surface area contributed by atoms with Crippen molar-refractivity contribution in [3.05, 3.63) is 57.8 Å². The van der Waals surface area contributed by atoms with Gasteiger partial charge in [0.2, 0.25) is 0 Å². The first-order chi connectivity index (χ1) is 12.9. The molecule has 5 nitrogen and oxygen atoms in total. The summed E-state index contributed by atoms with van der Waals surface area (Å²) >= 11 is 1.77. The van der Waals surface area contributed by atoms with Gasteiger partial charge in [0.15, 0.2) is 5.96 Å². The van der Waals surface area contributed by atoms with Crippen molar-refractivity contribution in [3.8, 4) is 0 Å². The number of rotatable bonds is 7. The van der Waals surface area contributed by atoms with Crippen LogP contribution >= 0.6 is 35.3 Å². The maximum Gasteiger partial charge on any atom is 0.251 e. The molecule has 2 aromatic rings. The topological polar surface area (TPSA) is 65.5 Å². The van der Waals surface area contributed by atoms with Gasteiger partial charge in [-0.2, -0.15) is 0 Å². The molecular weight excluding hydrogens is 483 g/mol. The number of halogens is 1. The summed E-state index contributed by atoms with van der Waals surface area (Å²) in [5, 5.41) is 11.7. The van der Waals surface area contributed by atoms with E-state index < -0.39 is 0 Å². The quantitative estimate of drug-likeness (QED) is 0.295. The third-order valence-corrected chi connectivity index (χ3v) is 4.62. The molecule has 28 heavy (non-hydrogen) atoms. The first-order valence-corrected chi connectivity index (χ1v) is 10.2. The minimum Gasteiger partial charge on any atom is -0.357 e. The van der Waals surface area contributed by atoms with Crippen LogP contribution in [-0.4, -0.2) is 30.5 Å². The number of nitrogens with zero attached hydrogens (tertiary/aromatic N) is 1. The molecule has 3 N–H and O–H groups in total. The van der Waals surface area contributed by atoms with E-state index in [1.165, 1.54) is 4.88 Å². The Morgan fingerprint density at radius 2 is 1.93 bits per heavy atom. The third-order valence-electron chi connectivity index (χ3n) is 3.69. The number of hydrogen-bond donors (Lipinski definition) is 3. The van der Waals surface area contributed by atoms with Gasteiger partial charge in [0.05, 0.1) is 6.54 Å². The fraction of sp³-hybridized carbons (Fsp3) is 0.429. The van der Waals surface area contributed by atoms with E-state index in [-0.39, 0.29) is 35.4 Å². The second-order valence-electron chi connectivity index (χ2n) is 7.36. The predicted molar refractivity (Wildman–Crippen MR) is 130 cm³/mol. The zero-order valence-corrected chi connectivity index (χ0v) is 20.2. The van der Waals surface area contributed by atoms with Crippen LogP contribution < -0.4 is 16.0 Å². The van der Waals surface area contributed by atoms with E-state index in [9.17, 15) is 4.79 Å². The number of aliphatic imine (C=N–C) groups is 1. The zero-order chi connectivity index (χ0) is 19.7. The van der Waals surface area contributed by atoms with Crippen molar-refractivity contribution in [2.75, 3.05) is 13.1 Å². The van der Waals surface area contributed by atoms with E-state index >= 15 is 0 Å². The monoisotopic (exact) mass is 514 g/mol. The van der Waals surface area contributed by atoms with Crippen LogP contribution in [0.4, 0.5) is 0 Å². The molecule has 0 spiro atoms. The fourth-order valence-electron chi connectivity index (χ4n) is 2.49. The molecule has 2 rings (SSSR count). The molecule has 0 fully saturated rings. The fourth-order valence-corrected chi connectivity index (χ4v) is 3.20. The summed E-state index contributed by atoms with van der Waals surface area (Å²) in [5.41, 5.74) is 1.41. The van der Waals surface area contributed by atoms with E-state index in [0.29, 0.717) is 12.1 Å². The van der Waals surface area contributed by atoms with Gasteiger partial charge in [-0.25, -0.2) is 4.99 Å². The number of nitrogens with one attached hydrogen (secondary N) is 3. The molecule has 1 aromatic carbocycles. The summed E-state index contributed by atoms with van der Waals surface area (Å²) in [4.78, 5) is 18.3. The lowest BCUT2D eigenvalue weighted by Gasteiger charge is -2.20. The van der Waals surface area contributed by atoms with Gasteiger partial charge in [0.1, 0.15) is 0 Å². The number of guanidine groups is 1. The number of carbonyl (C=O) groups excluding carboxylic acids is 1. The first kappa shape index (κ1) is 24.4. The predicted octanol–water partition coefficient (Wildman–Crippen LogP) is 4.19. The molecule has 1 aromatic heterocycles. The molecule has 1 amide bonds. The molecule has 0 aliphatic carbocycles. The van der Waals surface area contributed by atoms with Crippen LogP contribution in [-0.2, 0) is 13.0 Å². The Morgan fingerprint density at radius 3 is 2.57 bits per heavy atom. The Bertz CT molecular complexity index is 754. The molecule has 0 saturated carbocycles. The molecule has 0 aliphatic rings. The normalized spacial score (nSPS) is 11.5. The van der Waals surface area contributed by atoms with E-state index in [2.05, 4.69) is 38.5 Å². The maximum absolute atomic E-state index is 12.3. The van der Waals surface area contributed by atoms with E-state index in [4.69, 9.17) is 0 Å². The highest BCUT2D eigenvalue weighted by Gasteiger charge is 2.15. The Kier molecular flexibility index (Phi) is 10.5. The number of amides is 1. The van der Waals surface area contributed by atoms with Crippen LogP contribution in [0.1, 0.15) is 48.5 Å². The molecule has 0 radical (unpaired) electrons. The molecule has 7 heteroatoms. The van der Waals surface area contributed by atoms with Gasteiger partial charge in [-0.1, -0.05) is 18.2 Å². The Balaban J connectivity index is 0.00000392. The van der Waals surface area contributed by atoms with Crippen LogP contribution in [0, 0.1) is 0 Å². The number of carbonyl (C=O) groups is 1. The SMILES string of the molecule is CCNC(=NCc1cccc(C(=O)NC(C)(C)C)c1)NCCc1cccs1.I. The average Bonchev–Trinajstić information content (AvgIpc) is 3.12. The van der Waals surface area contributed by atoms with Gasteiger partial charge in [-0.3, -0.25) is 4.79 Å². The second kappa shape index (κ2) is 12.1. The number of benzene rings is 1. The standard InChI is InChI=1S/C21H30N4OS.HI/c1-5-22-20(23-12-11-18-10-7-13-27-18)24-15-16-8-6-9-17(14-16)19(26)25-21(2,3)4;/h6-10,13-14H,5,11-12,15H2,1-4H3,(H,25,26)(H2,22,23,24);1H. The average molecular weight is 514 g/mol. The first-order valence-electron chi connectivity index (χ1n) is 9.33. The molecule has 154 valence electrons. The number of hydrogen-bond acceptors (Lipinski definition) is 3. The summed E-state index contributed by atoms with van der Waals surface area (Å²) in [7, 11) is 0. The molecule has 0 atom stereocenters. The molecule has 0 bridgehead atoms. The van der Waals surface area contributed by atoms with Gasteiger partial charge in [-0.05, 0) is 63.3 Å². The van der Waals surface area contributed by atoms with Crippen molar-refractivity contribution < 1.29 is 4.79 Å². The third kappa shape index (κ3) is 9.05. The van der Waals surface area contributed by atoms with Crippen LogP contribution in [0.2, 0.25) is 0 Å². The van der Waals surface area contributed by atoms with Crippen LogP contribution in [0.5, 0.6) is 0 Å². The largest absolute Gasteiger partial charge is 0.357 e. The van der Waals surface area contributed by atoms with Crippen LogP contribution in [0.3, 0.4) is 0 Å². The Labute approximate surface area is 189 Å². The molecule has 0 saturated heterocycles. The van der Waals surface area contributed by atoms with Crippen molar-refractivity contribution in [2.45, 2.75) is 46.2 Å². The molecule has 1 heterocycles. The van der Waals surface area contributed by atoms with E-state index in [1.807, 2.05) is 52.0 Å². The molecular formula is C21H31IN4OS. The van der Waals surface area contributed by atoms with Crippen LogP contribution in [0.25, 0.3) is 0 Å². The minimum atomic E-state index is -0.254. The zero-order valence-electron chi connectivity index (χ0n) is 17.0. The highest BCUT2D eigenvalue weighted by atomic mass is 127. The smallest absolute Gasteiger partial charge is 0.251 e. The highest BCUT2D eigenvalue weighted by Crippen LogP contribution is 2.10. The summed E-state index contributed by atoms with van der Waals surface area (Å²) in [6.45, 7) is 10.1. The second-order valence-corrected chi connectivity index (χ2v) is 8.39. The van der Waals surface area contributed by atoms with Crippen molar-refractivity contribution in [3.63, 3.8) is 0 Å². The highest BCUT2D eigenvalue weighted by molar-refractivity contribution is 14.0. The van der Waals surface area contributed by atoms with Crippen molar-refractivity contribution in [1.82, 2.24) is 16.0 Å². The van der Waals surface area contributed by atoms with Crippen molar-refractivity contribution in [2.24, 2.45) is 4.99 Å². The van der Waals surface area contributed by atoms with Crippen LogP contribution in [0.15, 0.2) is 46.8 Å². The lowest BCUT2D eigenvalue weighted by atomic mass is 10.1. The van der Waals surface area contributed by atoms with Gasteiger partial charge in [-0.15, -0.1) is 35.3 Å². The number of thiophene rings is 1. The Morgan fingerprint density at radius 1 is 1.14 bits per heavy atom. The van der Waals surface area contributed by atoms with Gasteiger partial charge < -0.3 is 16.0 Å². The van der Waals surface area contributed by atoms with Gasteiger partial charge in [0.25, 0.3) is 5.91 Å². The van der Waals surface area contributed by atoms with Gasteiger partial charge in [0, 0.05) is 29.1 Å². The van der Waals surface area contributed by atoms with E-state index in [1.54, 1.807) is 11.3 Å². The van der Waals surface area contributed by atoms with Gasteiger partial charge >= 0.3 is 0 Å². The molecule has 0 aliphatic heterocycles. The summed E-state index contributed by atoms with van der Waals surface area (Å²) in [6.07, 6.45) is 0.977. The van der Waals surface area contributed by atoms with Crippen molar-refractivity contribution >= 4 is 47.2 Å². The Hall–Kier alpha value is -1.61. The van der Waals surface area contributed by atoms with E-state index in [0.717, 1.165) is 31.0 Å². The minimum absolute atomic E-state index is 0. The lowest BCUT2D eigenvalue weighted by Crippen LogP contribution is -2.40. The summed E-state index contributed by atoms with van der Waals surface area (Å²) < 4.78 is 0. The maximum atomic E-state index is 12.3. The molecule has 0 unspecified atom stereocenters.